The van der Waals surface area contributed by atoms with Gasteiger partial charge in [-0.1, -0.05) is 0 Å². The second kappa shape index (κ2) is 5.70. The van der Waals surface area contributed by atoms with Gasteiger partial charge in [0.05, 0.1) is 6.04 Å². The minimum absolute atomic E-state index is 0.151. The average Bonchev–Trinajstić information content (AvgIpc) is 3.10. The number of carbonyl (C=O) groups is 1. The fourth-order valence-electron chi connectivity index (χ4n) is 2.76. The Bertz CT molecular complexity index is 321. The molecule has 0 aromatic heterocycles. The SMILES string of the molecule is C[C@H](NC1CC1)[C@@H]1CCCCN1C(=O)OC(C)(C)C. The Morgan fingerprint density at radius 3 is 2.53 bits per heavy atom. The van der Waals surface area contributed by atoms with Gasteiger partial charge in [0.1, 0.15) is 5.60 Å². The molecule has 0 aromatic carbocycles. The maximum absolute atomic E-state index is 12.3. The van der Waals surface area contributed by atoms with Crippen LogP contribution in [-0.4, -0.2) is 41.3 Å². The Morgan fingerprint density at radius 2 is 1.95 bits per heavy atom. The summed E-state index contributed by atoms with van der Waals surface area (Å²) >= 11 is 0. The molecule has 1 heterocycles. The van der Waals surface area contributed by atoms with Crippen molar-refractivity contribution in [2.45, 2.75) is 83.5 Å². The number of hydrogen-bond acceptors (Lipinski definition) is 3. The first-order valence-corrected chi connectivity index (χ1v) is 7.62. The predicted molar refractivity (Wildman–Crippen MR) is 76.2 cm³/mol. The van der Waals surface area contributed by atoms with Crippen molar-refractivity contribution in [2.75, 3.05) is 6.54 Å². The van der Waals surface area contributed by atoms with Crippen LogP contribution in [0.25, 0.3) is 0 Å². The summed E-state index contributed by atoms with van der Waals surface area (Å²) in [6.45, 7) is 8.81. The number of likely N-dealkylation sites (tertiary alicyclic amines) is 1. The van der Waals surface area contributed by atoms with E-state index in [2.05, 4.69) is 12.2 Å². The topological polar surface area (TPSA) is 41.6 Å². The van der Waals surface area contributed by atoms with Gasteiger partial charge < -0.3 is 15.0 Å². The van der Waals surface area contributed by atoms with E-state index in [9.17, 15) is 4.79 Å². The number of rotatable bonds is 3. The standard InChI is InChI=1S/C15H28N2O2/c1-11(16-12-8-9-12)13-7-5-6-10-17(13)14(18)19-15(2,3)4/h11-13,16H,5-10H2,1-4H3/t11-,13-/m0/s1. The van der Waals surface area contributed by atoms with E-state index in [1.165, 1.54) is 19.3 Å². The molecule has 1 amide bonds. The quantitative estimate of drug-likeness (QED) is 0.855. The summed E-state index contributed by atoms with van der Waals surface area (Å²) in [6, 6.07) is 1.32. The van der Waals surface area contributed by atoms with Gasteiger partial charge in [-0.2, -0.15) is 0 Å². The maximum atomic E-state index is 12.3. The molecular formula is C15H28N2O2. The summed E-state index contributed by atoms with van der Waals surface area (Å²) in [6.07, 6.45) is 5.79. The third kappa shape index (κ3) is 4.37. The second-order valence-corrected chi connectivity index (χ2v) is 6.97. The summed E-state index contributed by atoms with van der Waals surface area (Å²) in [4.78, 5) is 14.2. The third-order valence-electron chi connectivity index (χ3n) is 3.83. The molecule has 0 unspecified atom stereocenters. The zero-order chi connectivity index (χ0) is 14.0. The van der Waals surface area contributed by atoms with Crippen LogP contribution in [0.15, 0.2) is 0 Å². The molecule has 2 aliphatic rings. The molecule has 2 rings (SSSR count). The molecule has 1 aliphatic carbocycles. The molecule has 110 valence electrons. The maximum Gasteiger partial charge on any atom is 0.410 e. The molecule has 0 aromatic rings. The van der Waals surface area contributed by atoms with Crippen molar-refractivity contribution in [1.29, 1.82) is 0 Å². The zero-order valence-corrected chi connectivity index (χ0v) is 12.7. The Kier molecular flexibility index (Phi) is 4.39. The number of piperidine rings is 1. The van der Waals surface area contributed by atoms with Crippen molar-refractivity contribution in [3.8, 4) is 0 Å². The van der Waals surface area contributed by atoms with Crippen molar-refractivity contribution >= 4 is 6.09 Å². The number of carbonyl (C=O) groups excluding carboxylic acids is 1. The van der Waals surface area contributed by atoms with E-state index in [4.69, 9.17) is 4.74 Å². The molecular weight excluding hydrogens is 240 g/mol. The number of ether oxygens (including phenoxy) is 1. The molecule has 19 heavy (non-hydrogen) atoms. The molecule has 1 saturated heterocycles. The fourth-order valence-corrected chi connectivity index (χ4v) is 2.76. The molecule has 1 saturated carbocycles. The van der Waals surface area contributed by atoms with Crippen LogP contribution in [0.1, 0.15) is 59.8 Å². The minimum Gasteiger partial charge on any atom is -0.444 e. The minimum atomic E-state index is -0.410. The lowest BCUT2D eigenvalue weighted by atomic mass is 9.97. The molecule has 1 N–H and O–H groups in total. The largest absolute Gasteiger partial charge is 0.444 e. The molecule has 4 nitrogen and oxygen atoms in total. The van der Waals surface area contributed by atoms with Crippen LogP contribution in [0.3, 0.4) is 0 Å². The van der Waals surface area contributed by atoms with Crippen LogP contribution >= 0.6 is 0 Å². The van der Waals surface area contributed by atoms with Gasteiger partial charge in [0.25, 0.3) is 0 Å². The van der Waals surface area contributed by atoms with E-state index in [0.717, 1.165) is 19.4 Å². The number of hydrogen-bond donors (Lipinski definition) is 1. The zero-order valence-electron chi connectivity index (χ0n) is 12.7. The lowest BCUT2D eigenvalue weighted by Gasteiger charge is -2.40. The number of nitrogens with zero attached hydrogens (tertiary/aromatic N) is 1. The van der Waals surface area contributed by atoms with Crippen molar-refractivity contribution in [3.63, 3.8) is 0 Å². The highest BCUT2D eigenvalue weighted by Crippen LogP contribution is 2.25. The lowest BCUT2D eigenvalue weighted by Crippen LogP contribution is -2.54. The lowest BCUT2D eigenvalue weighted by molar-refractivity contribution is 0.00551. The van der Waals surface area contributed by atoms with Gasteiger partial charge in [-0.25, -0.2) is 4.79 Å². The molecule has 1 aliphatic heterocycles. The summed E-state index contributed by atoms with van der Waals surface area (Å²) in [7, 11) is 0. The van der Waals surface area contributed by atoms with Crippen LogP contribution in [-0.2, 0) is 4.74 Å². The summed E-state index contributed by atoms with van der Waals surface area (Å²) in [5.41, 5.74) is -0.410. The summed E-state index contributed by atoms with van der Waals surface area (Å²) in [5.74, 6) is 0. The van der Waals surface area contributed by atoms with Crippen molar-refractivity contribution in [2.24, 2.45) is 0 Å². The first-order valence-electron chi connectivity index (χ1n) is 7.62. The van der Waals surface area contributed by atoms with Gasteiger partial charge in [0.2, 0.25) is 0 Å². The molecule has 2 fully saturated rings. The van der Waals surface area contributed by atoms with E-state index in [1.54, 1.807) is 0 Å². The van der Waals surface area contributed by atoms with Crippen molar-refractivity contribution in [1.82, 2.24) is 10.2 Å². The molecule has 0 bridgehead atoms. The van der Waals surface area contributed by atoms with Gasteiger partial charge in [0.15, 0.2) is 0 Å². The van der Waals surface area contributed by atoms with Crippen LogP contribution in [0.4, 0.5) is 4.79 Å². The Hall–Kier alpha value is -0.770. The molecule has 0 radical (unpaired) electrons. The van der Waals surface area contributed by atoms with E-state index in [-0.39, 0.29) is 12.1 Å². The van der Waals surface area contributed by atoms with E-state index < -0.39 is 5.60 Å². The first kappa shape index (κ1) is 14.6. The van der Waals surface area contributed by atoms with Crippen LogP contribution in [0.5, 0.6) is 0 Å². The normalized spacial score (nSPS) is 26.1. The second-order valence-electron chi connectivity index (χ2n) is 6.97. The van der Waals surface area contributed by atoms with Crippen LogP contribution < -0.4 is 5.32 Å². The summed E-state index contributed by atoms with van der Waals surface area (Å²) in [5, 5.41) is 3.62. The Balaban J connectivity index is 1.95. The van der Waals surface area contributed by atoms with Gasteiger partial charge in [-0.3, -0.25) is 0 Å². The summed E-state index contributed by atoms with van der Waals surface area (Å²) < 4.78 is 5.54. The molecule has 4 heteroatoms. The third-order valence-corrected chi connectivity index (χ3v) is 3.83. The number of nitrogens with one attached hydrogen (secondary N) is 1. The first-order chi connectivity index (χ1) is 8.87. The predicted octanol–water partition coefficient (Wildman–Crippen LogP) is 2.92. The van der Waals surface area contributed by atoms with Crippen molar-refractivity contribution in [3.05, 3.63) is 0 Å². The smallest absolute Gasteiger partial charge is 0.410 e. The highest BCUT2D eigenvalue weighted by molar-refractivity contribution is 5.68. The van der Waals surface area contributed by atoms with E-state index in [0.29, 0.717) is 12.1 Å². The fraction of sp³-hybridized carbons (Fsp3) is 0.933. The molecule has 0 spiro atoms. The molecule has 2 atom stereocenters. The monoisotopic (exact) mass is 268 g/mol. The van der Waals surface area contributed by atoms with Crippen LogP contribution in [0.2, 0.25) is 0 Å². The van der Waals surface area contributed by atoms with Crippen molar-refractivity contribution < 1.29 is 9.53 Å². The van der Waals surface area contributed by atoms with Crippen LogP contribution in [0, 0.1) is 0 Å². The van der Waals surface area contributed by atoms with E-state index in [1.807, 2.05) is 25.7 Å². The van der Waals surface area contributed by atoms with E-state index >= 15 is 0 Å². The average molecular weight is 268 g/mol. The van der Waals surface area contributed by atoms with Gasteiger partial charge in [-0.15, -0.1) is 0 Å². The highest BCUT2D eigenvalue weighted by Gasteiger charge is 2.35. The van der Waals surface area contributed by atoms with Gasteiger partial charge in [0, 0.05) is 18.6 Å². The Morgan fingerprint density at radius 1 is 1.26 bits per heavy atom. The highest BCUT2D eigenvalue weighted by atomic mass is 16.6. The Labute approximate surface area is 116 Å². The van der Waals surface area contributed by atoms with Gasteiger partial charge in [-0.05, 0) is 59.8 Å². The number of amides is 1. The van der Waals surface area contributed by atoms with Gasteiger partial charge >= 0.3 is 6.09 Å².